The third kappa shape index (κ3) is 3.18. The number of aromatic nitrogens is 1. The van der Waals surface area contributed by atoms with E-state index in [4.69, 9.17) is 0 Å². The fraction of sp³-hybridized carbons (Fsp3) is 0.667. The predicted octanol–water partition coefficient (Wildman–Crippen LogP) is 2.11. The Balaban J connectivity index is 2.14. The molecule has 2 rings (SSSR count). The molecular weight excluding hydrogens is 238 g/mol. The highest BCUT2D eigenvalue weighted by Gasteiger charge is 2.28. The summed E-state index contributed by atoms with van der Waals surface area (Å²) in [7, 11) is 1.96. The molecule has 19 heavy (non-hydrogen) atoms. The number of nitrogens with zero attached hydrogens (tertiary/aromatic N) is 2. The smallest absolute Gasteiger partial charge is 0.270 e. The van der Waals surface area contributed by atoms with Gasteiger partial charge in [-0.2, -0.15) is 0 Å². The average Bonchev–Trinajstić information content (AvgIpc) is 2.88. The summed E-state index contributed by atoms with van der Waals surface area (Å²) in [5, 5.41) is 3.21. The lowest BCUT2D eigenvalue weighted by Gasteiger charge is -2.36. The Kier molecular flexibility index (Phi) is 5.02. The molecule has 1 saturated heterocycles. The number of hydrogen-bond acceptors (Lipinski definition) is 2. The van der Waals surface area contributed by atoms with Gasteiger partial charge in [0, 0.05) is 31.9 Å². The molecule has 0 bridgehead atoms. The topological polar surface area (TPSA) is 37.3 Å². The van der Waals surface area contributed by atoms with Crippen LogP contribution in [0.25, 0.3) is 0 Å². The highest BCUT2D eigenvalue weighted by atomic mass is 16.2. The van der Waals surface area contributed by atoms with E-state index in [-0.39, 0.29) is 5.91 Å². The van der Waals surface area contributed by atoms with Gasteiger partial charge < -0.3 is 14.8 Å². The molecule has 0 radical (unpaired) electrons. The Morgan fingerprint density at radius 3 is 3.05 bits per heavy atom. The lowest BCUT2D eigenvalue weighted by atomic mass is 10.0. The van der Waals surface area contributed by atoms with Crippen molar-refractivity contribution in [3.8, 4) is 0 Å². The van der Waals surface area contributed by atoms with Crippen molar-refractivity contribution in [2.75, 3.05) is 20.1 Å². The second-order valence-corrected chi connectivity index (χ2v) is 5.29. The van der Waals surface area contributed by atoms with E-state index in [1.807, 2.05) is 25.4 Å². The van der Waals surface area contributed by atoms with E-state index in [0.29, 0.717) is 6.04 Å². The second-order valence-electron chi connectivity index (χ2n) is 5.29. The SMILES string of the molecule is CCCn1cccc1C(=O)N1CCCCC1CNC. The fourth-order valence-corrected chi connectivity index (χ4v) is 2.91. The number of carbonyl (C=O) groups excluding carboxylic acids is 1. The first-order valence-electron chi connectivity index (χ1n) is 7.38. The molecule has 1 fully saturated rings. The molecule has 1 aliphatic rings. The first kappa shape index (κ1) is 14.1. The van der Waals surface area contributed by atoms with Crippen LogP contribution in [0.15, 0.2) is 18.3 Å². The maximum atomic E-state index is 12.7. The summed E-state index contributed by atoms with van der Waals surface area (Å²) >= 11 is 0. The molecular formula is C15H25N3O. The molecule has 1 aliphatic heterocycles. The molecule has 0 spiro atoms. The molecule has 1 N–H and O–H groups in total. The quantitative estimate of drug-likeness (QED) is 0.883. The van der Waals surface area contributed by atoms with Gasteiger partial charge in [0.2, 0.25) is 0 Å². The van der Waals surface area contributed by atoms with E-state index >= 15 is 0 Å². The number of nitrogens with one attached hydrogen (secondary N) is 1. The number of likely N-dealkylation sites (N-methyl/N-ethyl adjacent to an activating group) is 1. The van der Waals surface area contributed by atoms with Gasteiger partial charge in [-0.15, -0.1) is 0 Å². The predicted molar refractivity (Wildman–Crippen MR) is 77.3 cm³/mol. The Morgan fingerprint density at radius 2 is 2.32 bits per heavy atom. The summed E-state index contributed by atoms with van der Waals surface area (Å²) in [5.74, 6) is 0.193. The molecule has 4 nitrogen and oxygen atoms in total. The van der Waals surface area contributed by atoms with Crippen molar-refractivity contribution in [1.82, 2.24) is 14.8 Å². The van der Waals surface area contributed by atoms with Crippen LogP contribution in [0.2, 0.25) is 0 Å². The highest BCUT2D eigenvalue weighted by molar-refractivity contribution is 5.93. The third-order valence-electron chi connectivity index (χ3n) is 3.84. The summed E-state index contributed by atoms with van der Waals surface area (Å²) < 4.78 is 2.08. The third-order valence-corrected chi connectivity index (χ3v) is 3.84. The summed E-state index contributed by atoms with van der Waals surface area (Å²) in [6.07, 6.45) is 6.52. The zero-order valence-electron chi connectivity index (χ0n) is 12.1. The molecule has 1 aromatic heterocycles. The summed E-state index contributed by atoms with van der Waals surface area (Å²) in [4.78, 5) is 14.8. The minimum atomic E-state index is 0.193. The number of amides is 1. The van der Waals surface area contributed by atoms with E-state index in [1.54, 1.807) is 0 Å². The van der Waals surface area contributed by atoms with Crippen LogP contribution in [0.4, 0.5) is 0 Å². The van der Waals surface area contributed by atoms with Crippen molar-refractivity contribution in [3.05, 3.63) is 24.0 Å². The number of carbonyl (C=O) groups is 1. The second kappa shape index (κ2) is 6.75. The maximum absolute atomic E-state index is 12.7. The van der Waals surface area contributed by atoms with Gasteiger partial charge in [-0.3, -0.25) is 4.79 Å². The van der Waals surface area contributed by atoms with Crippen molar-refractivity contribution in [2.45, 2.75) is 45.2 Å². The van der Waals surface area contributed by atoms with Crippen LogP contribution < -0.4 is 5.32 Å². The Bertz CT molecular complexity index is 411. The average molecular weight is 263 g/mol. The Labute approximate surface area is 115 Å². The van der Waals surface area contributed by atoms with Crippen molar-refractivity contribution in [1.29, 1.82) is 0 Å². The molecule has 0 aromatic carbocycles. The van der Waals surface area contributed by atoms with Gasteiger partial charge in [-0.25, -0.2) is 0 Å². The van der Waals surface area contributed by atoms with E-state index < -0.39 is 0 Å². The summed E-state index contributed by atoms with van der Waals surface area (Å²) in [6.45, 7) is 4.83. The first-order chi connectivity index (χ1) is 9.27. The molecule has 106 valence electrons. The van der Waals surface area contributed by atoms with Gasteiger partial charge in [0.1, 0.15) is 5.69 Å². The standard InChI is InChI=1S/C15H25N3O/c1-3-9-17-10-6-8-14(17)15(19)18-11-5-4-7-13(18)12-16-2/h6,8,10,13,16H,3-5,7,9,11-12H2,1-2H3. The van der Waals surface area contributed by atoms with E-state index in [9.17, 15) is 4.79 Å². The number of aryl methyl sites for hydroxylation is 1. The van der Waals surface area contributed by atoms with Gasteiger partial charge in [0.15, 0.2) is 0 Å². The number of rotatable bonds is 5. The van der Waals surface area contributed by atoms with Gasteiger partial charge in [-0.05, 0) is 44.9 Å². The minimum absolute atomic E-state index is 0.193. The lowest BCUT2D eigenvalue weighted by molar-refractivity contribution is 0.0604. The first-order valence-corrected chi connectivity index (χ1v) is 7.38. The molecule has 1 amide bonds. The Morgan fingerprint density at radius 1 is 1.47 bits per heavy atom. The highest BCUT2D eigenvalue weighted by Crippen LogP contribution is 2.19. The Hall–Kier alpha value is -1.29. The number of piperidine rings is 1. The van der Waals surface area contributed by atoms with Crippen molar-refractivity contribution < 1.29 is 4.79 Å². The summed E-state index contributed by atoms with van der Waals surface area (Å²) in [5.41, 5.74) is 0.838. The number of hydrogen-bond donors (Lipinski definition) is 1. The van der Waals surface area contributed by atoms with Crippen molar-refractivity contribution >= 4 is 5.91 Å². The zero-order valence-corrected chi connectivity index (χ0v) is 12.1. The maximum Gasteiger partial charge on any atom is 0.270 e. The van der Waals surface area contributed by atoms with Crippen LogP contribution in [-0.2, 0) is 6.54 Å². The lowest BCUT2D eigenvalue weighted by Crippen LogP contribution is -2.48. The van der Waals surface area contributed by atoms with Crippen LogP contribution in [0, 0.1) is 0 Å². The van der Waals surface area contributed by atoms with E-state index in [2.05, 4.69) is 21.7 Å². The van der Waals surface area contributed by atoms with Crippen LogP contribution >= 0.6 is 0 Å². The molecule has 4 heteroatoms. The van der Waals surface area contributed by atoms with E-state index in [1.165, 1.54) is 6.42 Å². The van der Waals surface area contributed by atoms with Crippen LogP contribution in [0.5, 0.6) is 0 Å². The largest absolute Gasteiger partial charge is 0.344 e. The van der Waals surface area contributed by atoms with Crippen LogP contribution in [0.1, 0.15) is 43.1 Å². The number of likely N-dealkylation sites (tertiary alicyclic amines) is 1. The molecule has 0 saturated carbocycles. The molecule has 2 heterocycles. The van der Waals surface area contributed by atoms with Gasteiger partial charge in [0.25, 0.3) is 5.91 Å². The normalized spacial score (nSPS) is 19.7. The van der Waals surface area contributed by atoms with Gasteiger partial charge in [0.05, 0.1) is 0 Å². The zero-order chi connectivity index (χ0) is 13.7. The molecule has 1 unspecified atom stereocenters. The van der Waals surface area contributed by atoms with Crippen LogP contribution in [0.3, 0.4) is 0 Å². The van der Waals surface area contributed by atoms with Crippen molar-refractivity contribution in [2.24, 2.45) is 0 Å². The van der Waals surface area contributed by atoms with Gasteiger partial charge in [-0.1, -0.05) is 6.92 Å². The molecule has 1 aromatic rings. The van der Waals surface area contributed by atoms with E-state index in [0.717, 1.165) is 44.6 Å². The molecule has 1 atom stereocenters. The summed E-state index contributed by atoms with van der Waals surface area (Å²) in [6, 6.07) is 4.26. The van der Waals surface area contributed by atoms with Crippen molar-refractivity contribution in [3.63, 3.8) is 0 Å². The fourth-order valence-electron chi connectivity index (χ4n) is 2.91. The minimum Gasteiger partial charge on any atom is -0.344 e. The van der Waals surface area contributed by atoms with Crippen LogP contribution in [-0.4, -0.2) is 41.6 Å². The van der Waals surface area contributed by atoms with Gasteiger partial charge >= 0.3 is 0 Å². The monoisotopic (exact) mass is 263 g/mol. The molecule has 0 aliphatic carbocycles.